The average Bonchev–Trinajstić information content (AvgIpc) is 2.68. The summed E-state index contributed by atoms with van der Waals surface area (Å²) in [5, 5.41) is 0. The van der Waals surface area contributed by atoms with E-state index in [0.29, 0.717) is 6.61 Å². The smallest absolute Gasteiger partial charge is 0.313 e. The first-order chi connectivity index (χ1) is 14.2. The van der Waals surface area contributed by atoms with Gasteiger partial charge in [0.2, 0.25) is 0 Å². The number of hydrogen-bond donors (Lipinski definition) is 0. The van der Waals surface area contributed by atoms with Crippen LogP contribution in [0, 0.1) is 0 Å². The van der Waals surface area contributed by atoms with Gasteiger partial charge in [0.25, 0.3) is 0 Å². The maximum atomic E-state index is 11.2. The fourth-order valence-electron chi connectivity index (χ4n) is 3.17. The largest absolute Gasteiger partial charge is 0.465 e. The molecular formula is C25H46O4. The van der Waals surface area contributed by atoms with Crippen molar-refractivity contribution in [2.75, 3.05) is 19.8 Å². The van der Waals surface area contributed by atoms with Crippen LogP contribution in [0.25, 0.3) is 0 Å². The van der Waals surface area contributed by atoms with Gasteiger partial charge >= 0.3 is 5.97 Å². The quantitative estimate of drug-likeness (QED) is 0.0838. The molecule has 29 heavy (non-hydrogen) atoms. The van der Waals surface area contributed by atoms with Gasteiger partial charge in [-0.05, 0) is 51.9 Å². The zero-order valence-electron chi connectivity index (χ0n) is 19.2. The number of allylic oxidation sites excluding steroid dienone is 2. The fraction of sp³-hybridized carbons (Fsp3) is 0.840. The van der Waals surface area contributed by atoms with Gasteiger partial charge < -0.3 is 9.47 Å². The third-order valence-corrected chi connectivity index (χ3v) is 4.85. The molecule has 0 fully saturated rings. The van der Waals surface area contributed by atoms with E-state index in [4.69, 9.17) is 9.47 Å². The van der Waals surface area contributed by atoms with Crippen LogP contribution < -0.4 is 0 Å². The molecule has 0 aromatic carbocycles. The number of ketones is 1. The average molecular weight is 411 g/mol. The van der Waals surface area contributed by atoms with Gasteiger partial charge in [0.1, 0.15) is 12.2 Å². The Kier molecular flexibility index (Phi) is 22.2. The van der Waals surface area contributed by atoms with Crippen molar-refractivity contribution in [3.63, 3.8) is 0 Å². The molecule has 0 saturated carbocycles. The van der Waals surface area contributed by atoms with Crippen LogP contribution in [-0.4, -0.2) is 31.6 Å². The normalized spacial score (nSPS) is 11.2. The number of hydrogen-bond acceptors (Lipinski definition) is 4. The first-order valence-corrected chi connectivity index (χ1v) is 12.0. The molecule has 0 aromatic rings. The standard InChI is InChI=1S/C25H46O4/c1-3-20-28-21-18-16-14-12-10-8-6-4-5-7-9-11-13-15-17-19-22-29-25(27)23-24(2)26/h4-5H,3,6-23H2,1-2H3/b5-4-. The number of esters is 1. The van der Waals surface area contributed by atoms with Gasteiger partial charge in [-0.25, -0.2) is 0 Å². The minimum absolute atomic E-state index is 0.0947. The van der Waals surface area contributed by atoms with E-state index in [1.54, 1.807) is 0 Å². The van der Waals surface area contributed by atoms with E-state index >= 15 is 0 Å². The van der Waals surface area contributed by atoms with Crippen molar-refractivity contribution in [3.05, 3.63) is 12.2 Å². The zero-order chi connectivity index (χ0) is 21.4. The SMILES string of the molecule is CCCOCCCCCCCC/C=C\CCCCCCCCOC(=O)CC(C)=O. The summed E-state index contributed by atoms with van der Waals surface area (Å²) in [6, 6.07) is 0. The molecule has 0 N–H and O–H groups in total. The number of carbonyl (C=O) groups is 2. The molecule has 170 valence electrons. The highest BCUT2D eigenvalue weighted by Crippen LogP contribution is 2.10. The lowest BCUT2D eigenvalue weighted by Gasteiger charge is -2.03. The van der Waals surface area contributed by atoms with Crippen molar-refractivity contribution in [2.24, 2.45) is 0 Å². The molecule has 0 aliphatic carbocycles. The first-order valence-electron chi connectivity index (χ1n) is 12.0. The van der Waals surface area contributed by atoms with Crippen molar-refractivity contribution < 1.29 is 19.1 Å². The highest BCUT2D eigenvalue weighted by atomic mass is 16.5. The second-order valence-corrected chi connectivity index (χ2v) is 8.00. The highest BCUT2D eigenvalue weighted by molar-refractivity contribution is 5.94. The second-order valence-electron chi connectivity index (χ2n) is 8.00. The Morgan fingerprint density at radius 1 is 0.655 bits per heavy atom. The van der Waals surface area contributed by atoms with Gasteiger partial charge in [0, 0.05) is 13.2 Å². The molecule has 0 aliphatic rings. The van der Waals surface area contributed by atoms with E-state index in [1.165, 1.54) is 84.0 Å². The van der Waals surface area contributed by atoms with Crippen molar-refractivity contribution in [1.29, 1.82) is 0 Å². The third kappa shape index (κ3) is 24.8. The maximum Gasteiger partial charge on any atom is 0.313 e. The number of unbranched alkanes of at least 4 members (excludes halogenated alkanes) is 12. The van der Waals surface area contributed by atoms with E-state index in [2.05, 4.69) is 19.1 Å². The van der Waals surface area contributed by atoms with Crippen LogP contribution in [0.5, 0.6) is 0 Å². The zero-order valence-corrected chi connectivity index (χ0v) is 19.2. The summed E-state index contributed by atoms with van der Waals surface area (Å²) in [6.07, 6.45) is 23.0. The monoisotopic (exact) mass is 410 g/mol. The summed E-state index contributed by atoms with van der Waals surface area (Å²) in [5.74, 6) is -0.527. The molecule has 4 heteroatoms. The lowest BCUT2D eigenvalue weighted by molar-refractivity contribution is -0.145. The van der Waals surface area contributed by atoms with Crippen LogP contribution in [0.2, 0.25) is 0 Å². The first kappa shape index (κ1) is 27.8. The molecule has 4 nitrogen and oxygen atoms in total. The Morgan fingerprint density at radius 3 is 1.66 bits per heavy atom. The Morgan fingerprint density at radius 2 is 1.14 bits per heavy atom. The van der Waals surface area contributed by atoms with Crippen LogP contribution >= 0.6 is 0 Å². The lowest BCUT2D eigenvalue weighted by Crippen LogP contribution is -2.09. The minimum Gasteiger partial charge on any atom is -0.465 e. The molecule has 0 heterocycles. The molecule has 0 aromatic heterocycles. The number of ether oxygens (including phenoxy) is 2. The van der Waals surface area contributed by atoms with Gasteiger partial charge in [-0.3, -0.25) is 9.59 Å². The Hall–Kier alpha value is -1.16. The van der Waals surface area contributed by atoms with E-state index in [1.807, 2.05) is 0 Å². The second kappa shape index (κ2) is 23.1. The van der Waals surface area contributed by atoms with Crippen molar-refractivity contribution in [3.8, 4) is 0 Å². The van der Waals surface area contributed by atoms with Gasteiger partial charge in [-0.15, -0.1) is 0 Å². The van der Waals surface area contributed by atoms with Crippen LogP contribution in [0.15, 0.2) is 12.2 Å². The Balaban J connectivity index is 3.16. The summed E-state index contributed by atoms with van der Waals surface area (Å²) in [4.78, 5) is 22.0. The summed E-state index contributed by atoms with van der Waals surface area (Å²) in [6.45, 7) is 5.86. The number of Topliss-reactive ketones (excluding diaryl/α,β-unsaturated/α-hetero) is 1. The molecule has 0 atom stereocenters. The molecule has 0 spiro atoms. The molecule has 0 saturated heterocycles. The number of carbonyl (C=O) groups excluding carboxylic acids is 2. The van der Waals surface area contributed by atoms with Crippen LogP contribution in [0.4, 0.5) is 0 Å². The van der Waals surface area contributed by atoms with E-state index in [0.717, 1.165) is 32.5 Å². The molecule has 0 rings (SSSR count). The van der Waals surface area contributed by atoms with E-state index in [9.17, 15) is 9.59 Å². The van der Waals surface area contributed by atoms with Gasteiger partial charge in [0.15, 0.2) is 0 Å². The summed E-state index contributed by atoms with van der Waals surface area (Å²) >= 11 is 0. The summed E-state index contributed by atoms with van der Waals surface area (Å²) in [5.41, 5.74) is 0. The van der Waals surface area contributed by atoms with E-state index in [-0.39, 0.29) is 12.2 Å². The van der Waals surface area contributed by atoms with Gasteiger partial charge in [0.05, 0.1) is 6.61 Å². The van der Waals surface area contributed by atoms with Crippen LogP contribution in [-0.2, 0) is 19.1 Å². The Bertz CT molecular complexity index is 404. The van der Waals surface area contributed by atoms with Gasteiger partial charge in [-0.1, -0.05) is 70.4 Å². The minimum atomic E-state index is -0.391. The summed E-state index contributed by atoms with van der Waals surface area (Å²) < 4.78 is 10.5. The predicted molar refractivity (Wildman–Crippen MR) is 121 cm³/mol. The fourth-order valence-corrected chi connectivity index (χ4v) is 3.17. The lowest BCUT2D eigenvalue weighted by atomic mass is 10.1. The van der Waals surface area contributed by atoms with Crippen molar-refractivity contribution >= 4 is 11.8 Å². The highest BCUT2D eigenvalue weighted by Gasteiger charge is 2.05. The van der Waals surface area contributed by atoms with E-state index < -0.39 is 5.97 Å². The molecular weight excluding hydrogens is 364 g/mol. The molecule has 0 aliphatic heterocycles. The van der Waals surface area contributed by atoms with Crippen molar-refractivity contribution in [2.45, 2.75) is 117 Å². The number of rotatable bonds is 22. The van der Waals surface area contributed by atoms with Crippen molar-refractivity contribution in [1.82, 2.24) is 0 Å². The molecule has 0 unspecified atom stereocenters. The molecule has 0 bridgehead atoms. The van der Waals surface area contributed by atoms with Crippen LogP contribution in [0.1, 0.15) is 117 Å². The maximum absolute atomic E-state index is 11.2. The third-order valence-electron chi connectivity index (χ3n) is 4.85. The molecule has 0 radical (unpaired) electrons. The summed E-state index contributed by atoms with van der Waals surface area (Å²) in [7, 11) is 0. The van der Waals surface area contributed by atoms with Crippen LogP contribution in [0.3, 0.4) is 0 Å². The Labute approximate surface area is 179 Å². The van der Waals surface area contributed by atoms with Gasteiger partial charge in [-0.2, -0.15) is 0 Å². The topological polar surface area (TPSA) is 52.6 Å². The molecule has 0 amide bonds. The predicted octanol–water partition coefficient (Wildman–Crippen LogP) is 6.95.